The molecule has 0 atom stereocenters. The number of fused-ring (bicyclic) bond motifs is 3. The van der Waals surface area contributed by atoms with Crippen molar-refractivity contribution in [3.05, 3.63) is 108 Å². The number of nitrogens with one attached hydrogen (secondary N) is 1. The summed E-state index contributed by atoms with van der Waals surface area (Å²) in [6, 6.07) is 29.2. The van der Waals surface area contributed by atoms with Gasteiger partial charge in [0.2, 0.25) is 0 Å². The lowest BCUT2D eigenvalue weighted by Gasteiger charge is -2.16. The van der Waals surface area contributed by atoms with Gasteiger partial charge in [-0.05, 0) is 29.7 Å². The molecule has 31 heavy (non-hydrogen) atoms. The molecule has 150 valence electrons. The van der Waals surface area contributed by atoms with E-state index >= 15 is 0 Å². The lowest BCUT2D eigenvalue weighted by atomic mass is 9.98. The topological polar surface area (TPSA) is 51.2 Å². The van der Waals surface area contributed by atoms with Gasteiger partial charge >= 0.3 is 0 Å². The third kappa shape index (κ3) is 3.49. The second-order valence-corrected chi connectivity index (χ2v) is 7.28. The predicted molar refractivity (Wildman–Crippen MR) is 125 cm³/mol. The monoisotopic (exact) mass is 404 g/mol. The summed E-state index contributed by atoms with van der Waals surface area (Å²) in [6.07, 6.45) is 1.68. The van der Waals surface area contributed by atoms with Crippen LogP contribution in [0.25, 0.3) is 21.7 Å². The van der Waals surface area contributed by atoms with Crippen LogP contribution in [0, 0.1) is 0 Å². The predicted octanol–water partition coefficient (Wildman–Crippen LogP) is 6.37. The Balaban J connectivity index is 1.72. The SMILES string of the molecule is COc1ccc(Nc2c(C(=O)c3ccccc3)cnc3c2ccc2ccccc23)cc1. The van der Waals surface area contributed by atoms with Crippen LogP contribution in [0.3, 0.4) is 0 Å². The average Bonchev–Trinajstić information content (AvgIpc) is 2.84. The van der Waals surface area contributed by atoms with Gasteiger partial charge in [0, 0.05) is 28.2 Å². The van der Waals surface area contributed by atoms with Crippen LogP contribution in [-0.2, 0) is 0 Å². The van der Waals surface area contributed by atoms with Crippen LogP contribution in [0.2, 0.25) is 0 Å². The molecule has 1 aromatic heterocycles. The zero-order valence-electron chi connectivity index (χ0n) is 17.0. The van der Waals surface area contributed by atoms with Crippen molar-refractivity contribution in [2.24, 2.45) is 0 Å². The smallest absolute Gasteiger partial charge is 0.196 e. The molecule has 0 saturated carbocycles. The highest BCUT2D eigenvalue weighted by Gasteiger charge is 2.18. The molecule has 0 aliphatic rings. The molecule has 4 aromatic carbocycles. The fourth-order valence-electron chi connectivity index (χ4n) is 3.81. The third-order valence-corrected chi connectivity index (χ3v) is 5.40. The van der Waals surface area contributed by atoms with Crippen molar-refractivity contribution in [1.29, 1.82) is 0 Å². The minimum Gasteiger partial charge on any atom is -0.497 e. The number of carbonyl (C=O) groups excluding carboxylic acids is 1. The maximum absolute atomic E-state index is 13.4. The Kier molecular flexibility index (Phi) is 4.81. The highest BCUT2D eigenvalue weighted by Crippen LogP contribution is 2.34. The average molecular weight is 404 g/mol. The Morgan fingerprint density at radius 2 is 1.55 bits per heavy atom. The molecule has 0 aliphatic heterocycles. The molecule has 1 heterocycles. The molecule has 5 rings (SSSR count). The van der Waals surface area contributed by atoms with E-state index < -0.39 is 0 Å². The number of rotatable bonds is 5. The minimum atomic E-state index is -0.0702. The second-order valence-electron chi connectivity index (χ2n) is 7.28. The number of nitrogens with zero attached hydrogens (tertiary/aromatic N) is 1. The van der Waals surface area contributed by atoms with Crippen molar-refractivity contribution in [3.8, 4) is 5.75 Å². The fourth-order valence-corrected chi connectivity index (χ4v) is 3.81. The van der Waals surface area contributed by atoms with E-state index in [4.69, 9.17) is 9.72 Å². The van der Waals surface area contributed by atoms with Gasteiger partial charge in [0.25, 0.3) is 0 Å². The number of benzene rings is 4. The molecule has 5 aromatic rings. The number of anilines is 2. The summed E-state index contributed by atoms with van der Waals surface area (Å²) in [4.78, 5) is 18.1. The molecule has 0 fully saturated rings. The summed E-state index contributed by atoms with van der Waals surface area (Å²) < 4.78 is 5.27. The highest BCUT2D eigenvalue weighted by molar-refractivity contribution is 6.19. The summed E-state index contributed by atoms with van der Waals surface area (Å²) in [5, 5.41) is 6.53. The molecule has 4 heteroatoms. The molecule has 4 nitrogen and oxygen atoms in total. The lowest BCUT2D eigenvalue weighted by molar-refractivity contribution is 0.103. The van der Waals surface area contributed by atoms with E-state index in [0.29, 0.717) is 11.1 Å². The van der Waals surface area contributed by atoms with E-state index in [9.17, 15) is 4.79 Å². The van der Waals surface area contributed by atoms with E-state index in [0.717, 1.165) is 38.8 Å². The molecule has 0 radical (unpaired) electrons. The van der Waals surface area contributed by atoms with Crippen LogP contribution >= 0.6 is 0 Å². The van der Waals surface area contributed by atoms with Crippen molar-refractivity contribution in [2.45, 2.75) is 0 Å². The molecule has 0 bridgehead atoms. The maximum atomic E-state index is 13.4. The molecule has 0 unspecified atom stereocenters. The zero-order chi connectivity index (χ0) is 21.2. The molecule has 1 N–H and O–H groups in total. The van der Waals surface area contributed by atoms with E-state index in [-0.39, 0.29) is 5.78 Å². The quantitative estimate of drug-likeness (QED) is 0.273. The normalized spacial score (nSPS) is 10.9. The zero-order valence-corrected chi connectivity index (χ0v) is 17.0. The Labute approximate surface area is 180 Å². The van der Waals surface area contributed by atoms with E-state index in [1.165, 1.54) is 0 Å². The number of carbonyl (C=O) groups is 1. The number of aromatic nitrogens is 1. The van der Waals surface area contributed by atoms with Crippen molar-refractivity contribution in [2.75, 3.05) is 12.4 Å². The summed E-state index contributed by atoms with van der Waals surface area (Å²) >= 11 is 0. The number of hydrogen-bond donors (Lipinski definition) is 1. The number of methoxy groups -OCH3 is 1. The summed E-state index contributed by atoms with van der Waals surface area (Å²) in [5.41, 5.74) is 3.63. The highest BCUT2D eigenvalue weighted by atomic mass is 16.5. The first kappa shape index (κ1) is 18.8. The van der Waals surface area contributed by atoms with E-state index in [1.54, 1.807) is 13.3 Å². The van der Waals surface area contributed by atoms with Crippen LogP contribution in [0.5, 0.6) is 5.75 Å². The van der Waals surface area contributed by atoms with Gasteiger partial charge < -0.3 is 10.1 Å². The molecule has 0 saturated heterocycles. The first-order valence-electron chi connectivity index (χ1n) is 10.1. The molecule has 0 spiro atoms. The largest absolute Gasteiger partial charge is 0.497 e. The van der Waals surface area contributed by atoms with Crippen LogP contribution in [-0.4, -0.2) is 17.9 Å². The lowest BCUT2D eigenvalue weighted by Crippen LogP contribution is -2.07. The molecular weight excluding hydrogens is 384 g/mol. The van der Waals surface area contributed by atoms with Gasteiger partial charge in [0.05, 0.1) is 23.9 Å². The summed E-state index contributed by atoms with van der Waals surface area (Å²) in [7, 11) is 1.64. The first-order chi connectivity index (χ1) is 15.2. The Morgan fingerprint density at radius 1 is 0.806 bits per heavy atom. The van der Waals surface area contributed by atoms with E-state index in [1.807, 2.05) is 72.8 Å². The Bertz CT molecular complexity index is 1390. The standard InChI is InChI=1S/C27H20N2O2/c1-31-21-14-12-20(13-15-21)29-26-23-16-11-18-7-5-6-10-22(18)25(23)28-17-24(26)27(30)19-8-3-2-4-9-19/h2-17H,1H3,(H,28,29). The molecule has 0 aliphatic carbocycles. The van der Waals surface area contributed by atoms with Gasteiger partial charge in [-0.1, -0.05) is 66.7 Å². The van der Waals surface area contributed by atoms with Crippen molar-refractivity contribution < 1.29 is 9.53 Å². The van der Waals surface area contributed by atoms with Crippen molar-refractivity contribution in [1.82, 2.24) is 4.98 Å². The molecule has 0 amide bonds. The van der Waals surface area contributed by atoms with Gasteiger partial charge in [0.15, 0.2) is 5.78 Å². The fraction of sp³-hybridized carbons (Fsp3) is 0.0370. The van der Waals surface area contributed by atoms with Crippen LogP contribution in [0.4, 0.5) is 11.4 Å². The van der Waals surface area contributed by atoms with Crippen LogP contribution < -0.4 is 10.1 Å². The molecular formula is C27H20N2O2. The van der Waals surface area contributed by atoms with Crippen molar-refractivity contribution >= 4 is 38.8 Å². The Hall–Kier alpha value is -4.18. The van der Waals surface area contributed by atoms with Crippen LogP contribution in [0.15, 0.2) is 97.2 Å². The third-order valence-electron chi connectivity index (χ3n) is 5.40. The van der Waals surface area contributed by atoms with E-state index in [2.05, 4.69) is 23.5 Å². The van der Waals surface area contributed by atoms with Gasteiger partial charge in [-0.25, -0.2) is 0 Å². The number of ether oxygens (including phenoxy) is 1. The second kappa shape index (κ2) is 7.92. The first-order valence-corrected chi connectivity index (χ1v) is 10.1. The summed E-state index contributed by atoms with van der Waals surface area (Å²) in [5.74, 6) is 0.705. The van der Waals surface area contributed by atoms with Gasteiger partial charge in [0.1, 0.15) is 5.75 Å². The van der Waals surface area contributed by atoms with Crippen molar-refractivity contribution in [3.63, 3.8) is 0 Å². The number of pyridine rings is 1. The summed E-state index contributed by atoms with van der Waals surface area (Å²) in [6.45, 7) is 0. The van der Waals surface area contributed by atoms with Gasteiger partial charge in [-0.15, -0.1) is 0 Å². The Morgan fingerprint density at radius 3 is 2.32 bits per heavy atom. The van der Waals surface area contributed by atoms with Gasteiger partial charge in [-0.2, -0.15) is 0 Å². The maximum Gasteiger partial charge on any atom is 0.196 e. The van der Waals surface area contributed by atoms with Gasteiger partial charge in [-0.3, -0.25) is 9.78 Å². The number of hydrogen-bond acceptors (Lipinski definition) is 4. The van der Waals surface area contributed by atoms with Crippen LogP contribution in [0.1, 0.15) is 15.9 Å². The number of ketones is 1. The minimum absolute atomic E-state index is 0.0702.